The van der Waals surface area contributed by atoms with E-state index in [0.29, 0.717) is 0 Å². The van der Waals surface area contributed by atoms with Gasteiger partial charge in [0.25, 0.3) is 0 Å². The molecule has 0 bridgehead atoms. The first-order valence-electron chi connectivity index (χ1n) is 6.77. The van der Waals surface area contributed by atoms with Gasteiger partial charge >= 0.3 is 0 Å². The molecular weight excluding hydrogens is 242 g/mol. The molecule has 5 nitrogen and oxygen atoms in total. The van der Waals surface area contributed by atoms with Crippen molar-refractivity contribution in [1.82, 2.24) is 9.88 Å². The molecule has 1 aromatic rings. The van der Waals surface area contributed by atoms with Gasteiger partial charge in [0.05, 0.1) is 18.1 Å². The van der Waals surface area contributed by atoms with Crippen LogP contribution in [0.25, 0.3) is 0 Å². The van der Waals surface area contributed by atoms with E-state index < -0.39 is 0 Å². The average molecular weight is 265 g/mol. The molecule has 0 aliphatic carbocycles. The molecule has 0 aromatic carbocycles. The Morgan fingerprint density at radius 2 is 2.05 bits per heavy atom. The number of ether oxygens (including phenoxy) is 2. The van der Waals surface area contributed by atoms with E-state index in [9.17, 15) is 0 Å². The van der Waals surface area contributed by atoms with Crippen LogP contribution in [0.2, 0.25) is 0 Å². The molecular formula is C14H23N3O2. The normalized spacial score (nSPS) is 19.0. The van der Waals surface area contributed by atoms with Crippen molar-refractivity contribution in [3.63, 3.8) is 0 Å². The summed E-state index contributed by atoms with van der Waals surface area (Å²) in [6.45, 7) is 6.20. The van der Waals surface area contributed by atoms with E-state index in [1.807, 2.05) is 19.2 Å². The largest absolute Gasteiger partial charge is 0.464 e. The van der Waals surface area contributed by atoms with E-state index in [1.165, 1.54) is 6.42 Å². The second kappa shape index (κ2) is 6.73. The van der Waals surface area contributed by atoms with E-state index in [0.717, 1.165) is 37.6 Å². The van der Waals surface area contributed by atoms with E-state index in [4.69, 9.17) is 9.47 Å². The van der Waals surface area contributed by atoms with E-state index in [-0.39, 0.29) is 6.29 Å². The van der Waals surface area contributed by atoms with Gasteiger partial charge in [-0.1, -0.05) is 0 Å². The Morgan fingerprint density at radius 1 is 1.21 bits per heavy atom. The summed E-state index contributed by atoms with van der Waals surface area (Å²) in [6, 6.07) is 2.04. The fourth-order valence-electron chi connectivity index (χ4n) is 2.19. The molecule has 2 heterocycles. The number of nitrogens with zero attached hydrogens (tertiary/aromatic N) is 3. The molecule has 0 radical (unpaired) electrons. The molecule has 1 saturated heterocycles. The number of pyridine rings is 1. The molecule has 0 amide bonds. The summed E-state index contributed by atoms with van der Waals surface area (Å²) in [5.74, 6) is 0.754. The first-order chi connectivity index (χ1) is 9.19. The lowest BCUT2D eigenvalue weighted by Gasteiger charge is -2.23. The Kier molecular flexibility index (Phi) is 4.99. The molecule has 1 aliphatic heterocycles. The number of aromatic nitrogens is 1. The van der Waals surface area contributed by atoms with Crippen molar-refractivity contribution in [2.24, 2.45) is 0 Å². The summed E-state index contributed by atoms with van der Waals surface area (Å²) >= 11 is 0. The maximum absolute atomic E-state index is 5.63. The predicted molar refractivity (Wildman–Crippen MR) is 75.7 cm³/mol. The Hall–Kier alpha value is -1.33. The highest BCUT2D eigenvalue weighted by molar-refractivity contribution is 5.48. The number of rotatable bonds is 4. The van der Waals surface area contributed by atoms with Gasteiger partial charge in [-0.05, 0) is 26.9 Å². The summed E-state index contributed by atoms with van der Waals surface area (Å²) < 4.78 is 10.7. The fraction of sp³-hybridized carbons (Fsp3) is 0.643. The number of anilines is 1. The van der Waals surface area contributed by atoms with Crippen LogP contribution < -0.4 is 9.64 Å². The quantitative estimate of drug-likeness (QED) is 0.773. The molecule has 2 rings (SSSR count). The lowest BCUT2D eigenvalue weighted by molar-refractivity contribution is -0.0384. The molecule has 1 aromatic heterocycles. The molecule has 0 saturated carbocycles. The third kappa shape index (κ3) is 4.08. The molecule has 0 N–H and O–H groups in total. The van der Waals surface area contributed by atoms with Crippen LogP contribution in [0.1, 0.15) is 13.3 Å². The van der Waals surface area contributed by atoms with Crippen molar-refractivity contribution in [3.05, 3.63) is 18.5 Å². The summed E-state index contributed by atoms with van der Waals surface area (Å²) in [6.07, 6.45) is 4.54. The zero-order valence-electron chi connectivity index (χ0n) is 12.0. The Labute approximate surface area is 115 Å². The number of hydrogen-bond donors (Lipinski definition) is 0. The standard InChI is InChI=1S/C14H23N3O2/c1-12(18-3)19-14-9-13(10-15-11-14)17-6-4-5-16(2)7-8-17/h9-12H,4-8H2,1-3H3. The smallest absolute Gasteiger partial charge is 0.196 e. The Bertz CT molecular complexity index is 400. The van der Waals surface area contributed by atoms with Crippen LogP contribution in [-0.2, 0) is 4.74 Å². The minimum atomic E-state index is -0.257. The van der Waals surface area contributed by atoms with Crippen LogP contribution in [0.15, 0.2) is 18.5 Å². The van der Waals surface area contributed by atoms with Crippen molar-refractivity contribution < 1.29 is 9.47 Å². The van der Waals surface area contributed by atoms with Crippen LogP contribution >= 0.6 is 0 Å². The molecule has 1 atom stereocenters. The third-order valence-electron chi connectivity index (χ3n) is 3.42. The van der Waals surface area contributed by atoms with Crippen LogP contribution in [0, 0.1) is 0 Å². The highest BCUT2D eigenvalue weighted by Crippen LogP contribution is 2.21. The Balaban J connectivity index is 2.05. The van der Waals surface area contributed by atoms with Crippen molar-refractivity contribution in [2.75, 3.05) is 45.2 Å². The molecule has 5 heteroatoms. The van der Waals surface area contributed by atoms with Crippen LogP contribution in [-0.4, -0.2) is 56.5 Å². The van der Waals surface area contributed by atoms with Gasteiger partial charge in [0.15, 0.2) is 6.29 Å². The van der Waals surface area contributed by atoms with E-state index in [2.05, 4.69) is 21.8 Å². The molecule has 0 spiro atoms. The molecule has 1 aliphatic rings. The Morgan fingerprint density at radius 3 is 2.84 bits per heavy atom. The summed E-state index contributed by atoms with van der Waals surface area (Å²) in [7, 11) is 3.80. The fourth-order valence-corrected chi connectivity index (χ4v) is 2.19. The summed E-state index contributed by atoms with van der Waals surface area (Å²) in [4.78, 5) is 8.98. The van der Waals surface area contributed by atoms with Crippen LogP contribution in [0.5, 0.6) is 5.75 Å². The maximum Gasteiger partial charge on any atom is 0.196 e. The van der Waals surface area contributed by atoms with Crippen molar-refractivity contribution in [2.45, 2.75) is 19.6 Å². The first-order valence-corrected chi connectivity index (χ1v) is 6.77. The van der Waals surface area contributed by atoms with E-state index in [1.54, 1.807) is 13.3 Å². The molecule has 106 valence electrons. The highest BCUT2D eigenvalue weighted by Gasteiger charge is 2.13. The number of hydrogen-bond acceptors (Lipinski definition) is 5. The van der Waals surface area contributed by atoms with Crippen molar-refractivity contribution in [3.8, 4) is 5.75 Å². The van der Waals surface area contributed by atoms with Gasteiger partial charge in [-0.15, -0.1) is 0 Å². The monoisotopic (exact) mass is 265 g/mol. The number of likely N-dealkylation sites (N-methyl/N-ethyl adjacent to an activating group) is 1. The average Bonchev–Trinajstić information content (AvgIpc) is 2.64. The first kappa shape index (κ1) is 14.1. The maximum atomic E-state index is 5.63. The zero-order valence-corrected chi connectivity index (χ0v) is 12.0. The second-order valence-electron chi connectivity index (χ2n) is 4.94. The van der Waals surface area contributed by atoms with Gasteiger partial charge in [-0.3, -0.25) is 4.98 Å². The topological polar surface area (TPSA) is 37.8 Å². The lowest BCUT2D eigenvalue weighted by Crippen LogP contribution is -2.28. The van der Waals surface area contributed by atoms with Gasteiger partial charge in [0.1, 0.15) is 5.75 Å². The predicted octanol–water partition coefficient (Wildman–Crippen LogP) is 1.59. The van der Waals surface area contributed by atoms with Crippen molar-refractivity contribution in [1.29, 1.82) is 0 Å². The van der Waals surface area contributed by atoms with E-state index >= 15 is 0 Å². The molecule has 19 heavy (non-hydrogen) atoms. The van der Waals surface area contributed by atoms with Crippen molar-refractivity contribution >= 4 is 5.69 Å². The van der Waals surface area contributed by atoms with Crippen LogP contribution in [0.4, 0.5) is 5.69 Å². The SMILES string of the molecule is COC(C)Oc1cncc(N2CCCN(C)CC2)c1. The number of methoxy groups -OCH3 is 1. The van der Waals surface area contributed by atoms with Gasteiger partial charge < -0.3 is 19.3 Å². The summed E-state index contributed by atoms with van der Waals surface area (Å²) in [5.41, 5.74) is 1.12. The zero-order chi connectivity index (χ0) is 13.7. The van der Waals surface area contributed by atoms with Gasteiger partial charge in [-0.25, -0.2) is 0 Å². The minimum Gasteiger partial charge on any atom is -0.464 e. The minimum absolute atomic E-state index is 0.257. The van der Waals surface area contributed by atoms with Crippen LogP contribution in [0.3, 0.4) is 0 Å². The third-order valence-corrected chi connectivity index (χ3v) is 3.42. The molecule has 1 unspecified atom stereocenters. The van der Waals surface area contributed by atoms with Gasteiger partial charge in [0, 0.05) is 32.8 Å². The summed E-state index contributed by atoms with van der Waals surface area (Å²) in [5, 5.41) is 0. The molecule has 1 fully saturated rings. The second-order valence-corrected chi connectivity index (χ2v) is 4.94. The van der Waals surface area contributed by atoms with Gasteiger partial charge in [0.2, 0.25) is 0 Å². The highest BCUT2D eigenvalue weighted by atomic mass is 16.7. The van der Waals surface area contributed by atoms with Gasteiger partial charge in [-0.2, -0.15) is 0 Å². The lowest BCUT2D eigenvalue weighted by atomic mass is 10.3.